The van der Waals surface area contributed by atoms with E-state index in [2.05, 4.69) is 9.97 Å². The average molecular weight is 201 g/mol. The Labute approximate surface area is 87.7 Å². The van der Waals surface area contributed by atoms with Gasteiger partial charge in [-0.05, 0) is 24.6 Å². The summed E-state index contributed by atoms with van der Waals surface area (Å²) in [6.45, 7) is 1.94. The number of benzene rings is 1. The predicted molar refractivity (Wildman–Crippen MR) is 57.7 cm³/mol. The molecule has 76 valence electrons. The first-order valence-corrected chi connectivity index (χ1v) is 4.57. The Morgan fingerprint density at radius 1 is 1.20 bits per heavy atom. The van der Waals surface area contributed by atoms with E-state index in [9.17, 15) is 0 Å². The van der Waals surface area contributed by atoms with E-state index in [1.807, 2.05) is 19.1 Å². The van der Waals surface area contributed by atoms with Crippen LogP contribution in [0.25, 0.3) is 0 Å². The molecule has 0 spiro atoms. The van der Waals surface area contributed by atoms with Crippen LogP contribution in [0.4, 0.5) is 5.69 Å². The van der Waals surface area contributed by atoms with Crippen molar-refractivity contribution in [3.8, 4) is 11.8 Å². The van der Waals surface area contributed by atoms with E-state index >= 15 is 0 Å². The van der Waals surface area contributed by atoms with Crippen LogP contribution in [0.5, 0.6) is 11.8 Å². The van der Waals surface area contributed by atoms with Gasteiger partial charge in [0.1, 0.15) is 5.75 Å². The maximum Gasteiger partial charge on any atom is 0.321 e. The summed E-state index contributed by atoms with van der Waals surface area (Å²) in [5.41, 5.74) is 7.32. The molecule has 0 fully saturated rings. The van der Waals surface area contributed by atoms with Crippen LogP contribution in [-0.4, -0.2) is 9.97 Å². The molecule has 0 aliphatic carbocycles. The lowest BCUT2D eigenvalue weighted by Crippen LogP contribution is -1.94. The number of anilines is 1. The van der Waals surface area contributed by atoms with Crippen LogP contribution in [0.3, 0.4) is 0 Å². The van der Waals surface area contributed by atoms with Gasteiger partial charge in [0, 0.05) is 24.1 Å². The summed E-state index contributed by atoms with van der Waals surface area (Å²) in [5, 5.41) is 0. The zero-order chi connectivity index (χ0) is 10.7. The highest BCUT2D eigenvalue weighted by Gasteiger charge is 2.02. The first-order chi connectivity index (χ1) is 7.25. The quantitative estimate of drug-likeness (QED) is 0.756. The number of ether oxygens (including phenoxy) is 1. The van der Waals surface area contributed by atoms with Crippen LogP contribution in [0, 0.1) is 6.92 Å². The van der Waals surface area contributed by atoms with E-state index in [1.54, 1.807) is 24.5 Å². The van der Waals surface area contributed by atoms with Crippen molar-refractivity contribution in [3.05, 3.63) is 42.2 Å². The molecule has 2 N–H and O–H groups in total. The Hall–Kier alpha value is -2.10. The van der Waals surface area contributed by atoms with E-state index in [1.165, 1.54) is 0 Å². The molecule has 0 amide bonds. The number of aryl methyl sites for hydroxylation is 1. The highest BCUT2D eigenvalue weighted by Crippen LogP contribution is 2.24. The molecule has 0 saturated carbocycles. The Morgan fingerprint density at radius 2 is 1.93 bits per heavy atom. The number of aromatic nitrogens is 2. The SMILES string of the molecule is Cc1ccc(N)cc1Oc1ncccn1. The minimum atomic E-state index is 0.325. The minimum absolute atomic E-state index is 0.325. The van der Waals surface area contributed by atoms with E-state index < -0.39 is 0 Å². The molecule has 0 aliphatic rings. The Balaban J connectivity index is 2.28. The summed E-state index contributed by atoms with van der Waals surface area (Å²) in [7, 11) is 0. The Kier molecular flexibility index (Phi) is 2.49. The number of rotatable bonds is 2. The molecule has 15 heavy (non-hydrogen) atoms. The van der Waals surface area contributed by atoms with Gasteiger partial charge >= 0.3 is 6.01 Å². The maximum atomic E-state index is 5.66. The monoisotopic (exact) mass is 201 g/mol. The summed E-state index contributed by atoms with van der Waals surface area (Å²) in [4.78, 5) is 7.94. The Morgan fingerprint density at radius 3 is 2.67 bits per heavy atom. The highest BCUT2D eigenvalue weighted by molar-refractivity contribution is 5.48. The fourth-order valence-electron chi connectivity index (χ4n) is 1.16. The highest BCUT2D eigenvalue weighted by atomic mass is 16.5. The van der Waals surface area contributed by atoms with Crippen LogP contribution in [0.1, 0.15) is 5.56 Å². The van der Waals surface area contributed by atoms with Crippen molar-refractivity contribution in [3.63, 3.8) is 0 Å². The molecule has 2 rings (SSSR count). The molecule has 0 saturated heterocycles. The largest absolute Gasteiger partial charge is 0.424 e. The Bertz CT molecular complexity index is 457. The van der Waals surface area contributed by atoms with Crippen LogP contribution in [0.15, 0.2) is 36.7 Å². The zero-order valence-corrected chi connectivity index (χ0v) is 8.34. The molecular weight excluding hydrogens is 190 g/mol. The smallest absolute Gasteiger partial charge is 0.321 e. The van der Waals surface area contributed by atoms with E-state index in [4.69, 9.17) is 10.5 Å². The van der Waals surface area contributed by atoms with Gasteiger partial charge in [0.05, 0.1) is 0 Å². The number of nitrogens with two attached hydrogens (primary N) is 1. The summed E-state index contributed by atoms with van der Waals surface area (Å²) in [6, 6.07) is 7.54. The van der Waals surface area contributed by atoms with Crippen molar-refractivity contribution in [2.75, 3.05) is 5.73 Å². The second-order valence-corrected chi connectivity index (χ2v) is 3.16. The second kappa shape index (κ2) is 3.96. The number of nitrogens with zero attached hydrogens (tertiary/aromatic N) is 2. The van der Waals surface area contributed by atoms with Gasteiger partial charge in [-0.15, -0.1) is 0 Å². The third-order valence-corrected chi connectivity index (χ3v) is 1.96. The van der Waals surface area contributed by atoms with Gasteiger partial charge in [0.25, 0.3) is 0 Å². The summed E-state index contributed by atoms with van der Waals surface area (Å²) in [5.74, 6) is 0.682. The lowest BCUT2D eigenvalue weighted by atomic mass is 10.2. The number of hydrogen-bond donors (Lipinski definition) is 1. The summed E-state index contributed by atoms with van der Waals surface area (Å²) >= 11 is 0. The van der Waals surface area contributed by atoms with Crippen LogP contribution in [0.2, 0.25) is 0 Å². The fraction of sp³-hybridized carbons (Fsp3) is 0.0909. The first-order valence-electron chi connectivity index (χ1n) is 4.57. The molecule has 0 unspecified atom stereocenters. The molecule has 0 radical (unpaired) electrons. The van der Waals surface area contributed by atoms with Gasteiger partial charge < -0.3 is 10.5 Å². The van der Waals surface area contributed by atoms with Gasteiger partial charge in [-0.1, -0.05) is 6.07 Å². The molecule has 1 aromatic carbocycles. The lowest BCUT2D eigenvalue weighted by molar-refractivity contribution is 0.439. The van der Waals surface area contributed by atoms with E-state index in [0.29, 0.717) is 17.4 Å². The standard InChI is InChI=1S/C11H11N3O/c1-8-3-4-9(12)7-10(8)15-11-13-5-2-6-14-11/h2-7H,12H2,1H3. The zero-order valence-electron chi connectivity index (χ0n) is 8.34. The molecule has 4 nitrogen and oxygen atoms in total. The van der Waals surface area contributed by atoms with Crippen LogP contribution >= 0.6 is 0 Å². The first kappa shape index (κ1) is 9.45. The molecule has 1 heterocycles. The van der Waals surface area contributed by atoms with Gasteiger partial charge in [0.15, 0.2) is 0 Å². The van der Waals surface area contributed by atoms with Gasteiger partial charge in [0.2, 0.25) is 0 Å². The summed E-state index contributed by atoms with van der Waals surface area (Å²) in [6.07, 6.45) is 3.26. The van der Waals surface area contributed by atoms with Crippen LogP contribution < -0.4 is 10.5 Å². The van der Waals surface area contributed by atoms with Gasteiger partial charge in [-0.3, -0.25) is 0 Å². The summed E-state index contributed by atoms with van der Waals surface area (Å²) < 4.78 is 5.49. The topological polar surface area (TPSA) is 61.0 Å². The molecule has 0 atom stereocenters. The molecule has 0 bridgehead atoms. The fourth-order valence-corrected chi connectivity index (χ4v) is 1.16. The molecule has 0 aliphatic heterocycles. The van der Waals surface area contributed by atoms with E-state index in [-0.39, 0.29) is 0 Å². The minimum Gasteiger partial charge on any atom is -0.424 e. The molecule has 2 aromatic rings. The lowest BCUT2D eigenvalue weighted by Gasteiger charge is -2.06. The molecule has 4 heteroatoms. The normalized spacial score (nSPS) is 9.93. The van der Waals surface area contributed by atoms with Crippen molar-refractivity contribution >= 4 is 5.69 Å². The maximum absolute atomic E-state index is 5.66. The predicted octanol–water partition coefficient (Wildman–Crippen LogP) is 2.16. The molecular formula is C11H11N3O. The van der Waals surface area contributed by atoms with Crippen LogP contribution in [-0.2, 0) is 0 Å². The molecule has 1 aromatic heterocycles. The number of nitrogen functional groups attached to an aromatic ring is 1. The third kappa shape index (κ3) is 2.22. The third-order valence-electron chi connectivity index (χ3n) is 1.96. The second-order valence-electron chi connectivity index (χ2n) is 3.16. The average Bonchev–Trinajstić information content (AvgIpc) is 2.25. The van der Waals surface area contributed by atoms with Crippen molar-refractivity contribution in [2.24, 2.45) is 0 Å². The van der Waals surface area contributed by atoms with Crippen molar-refractivity contribution < 1.29 is 4.74 Å². The van der Waals surface area contributed by atoms with Crippen molar-refractivity contribution in [2.45, 2.75) is 6.92 Å². The number of hydrogen-bond acceptors (Lipinski definition) is 4. The van der Waals surface area contributed by atoms with Gasteiger partial charge in [-0.2, -0.15) is 0 Å². The van der Waals surface area contributed by atoms with Crippen molar-refractivity contribution in [1.82, 2.24) is 9.97 Å². The van der Waals surface area contributed by atoms with E-state index in [0.717, 1.165) is 5.56 Å². The van der Waals surface area contributed by atoms with Crippen molar-refractivity contribution in [1.29, 1.82) is 0 Å². The van der Waals surface area contributed by atoms with Gasteiger partial charge in [-0.25, -0.2) is 9.97 Å².